The SMILES string of the molecule is COCCOCCOCC(=O)Nc1nc2ccc(Oc3ccc(NC(=O)Nc4cc(C(F)(F)F)ccc4F)cc3)cc2[nH]1. The molecule has 1 aromatic heterocycles. The molecular formula is C28H27F4N5O6. The highest BCUT2D eigenvalue weighted by molar-refractivity contribution is 6.00. The number of carbonyl (C=O) groups is 2. The number of rotatable bonds is 13. The van der Waals surface area contributed by atoms with Gasteiger partial charge in [0.25, 0.3) is 5.91 Å². The van der Waals surface area contributed by atoms with E-state index in [0.29, 0.717) is 60.6 Å². The van der Waals surface area contributed by atoms with E-state index in [0.717, 1.165) is 0 Å². The van der Waals surface area contributed by atoms with Crippen molar-refractivity contribution in [3.05, 3.63) is 72.0 Å². The van der Waals surface area contributed by atoms with Crippen molar-refractivity contribution in [1.82, 2.24) is 9.97 Å². The molecule has 1 heterocycles. The van der Waals surface area contributed by atoms with Crippen molar-refractivity contribution in [2.45, 2.75) is 6.18 Å². The number of H-pyrrole nitrogens is 1. The van der Waals surface area contributed by atoms with Crippen LogP contribution in [0.2, 0.25) is 0 Å². The molecule has 4 N–H and O–H groups in total. The average molecular weight is 606 g/mol. The van der Waals surface area contributed by atoms with Crippen LogP contribution in [-0.4, -0.2) is 62.1 Å². The van der Waals surface area contributed by atoms with Gasteiger partial charge in [0.15, 0.2) is 0 Å². The number of alkyl halides is 3. The molecule has 0 radical (unpaired) electrons. The van der Waals surface area contributed by atoms with Crippen LogP contribution in [0, 0.1) is 5.82 Å². The van der Waals surface area contributed by atoms with Gasteiger partial charge in [0.2, 0.25) is 5.95 Å². The van der Waals surface area contributed by atoms with Gasteiger partial charge in [-0.1, -0.05) is 0 Å². The normalized spacial score (nSPS) is 11.4. The largest absolute Gasteiger partial charge is 0.457 e. The molecule has 0 saturated carbocycles. The number of nitrogens with zero attached hydrogens (tertiary/aromatic N) is 1. The van der Waals surface area contributed by atoms with Gasteiger partial charge in [0, 0.05) is 18.9 Å². The zero-order valence-corrected chi connectivity index (χ0v) is 22.7. The zero-order valence-electron chi connectivity index (χ0n) is 22.7. The van der Waals surface area contributed by atoms with Gasteiger partial charge in [-0.2, -0.15) is 13.2 Å². The van der Waals surface area contributed by atoms with Crippen LogP contribution in [0.4, 0.5) is 39.7 Å². The third kappa shape index (κ3) is 9.39. The molecule has 0 unspecified atom stereocenters. The number of benzene rings is 3. The molecule has 4 rings (SSSR count). The second kappa shape index (κ2) is 14.4. The number of urea groups is 1. The standard InChI is InChI=1S/C28H27F4N5O6/c1-40-10-11-41-12-13-42-16-25(38)37-26-34-22-9-7-20(15-24(22)35-26)43-19-5-3-18(4-6-19)33-27(39)36-23-14-17(28(30,31)32)2-8-21(23)29/h2-9,14-15H,10-13,16H2,1H3,(H2,33,36,39)(H2,34,35,37,38). The maximum atomic E-state index is 13.9. The van der Waals surface area contributed by atoms with Crippen LogP contribution in [0.3, 0.4) is 0 Å². The summed E-state index contributed by atoms with van der Waals surface area (Å²) in [6.45, 7) is 1.33. The molecule has 0 saturated heterocycles. The van der Waals surface area contributed by atoms with Gasteiger partial charge in [0.1, 0.15) is 23.9 Å². The van der Waals surface area contributed by atoms with Gasteiger partial charge in [-0.25, -0.2) is 14.2 Å². The fourth-order valence-corrected chi connectivity index (χ4v) is 3.63. The Bertz CT molecular complexity index is 1550. The Morgan fingerprint density at radius 2 is 1.58 bits per heavy atom. The molecule has 0 fully saturated rings. The van der Waals surface area contributed by atoms with Crippen LogP contribution < -0.4 is 20.7 Å². The number of ether oxygens (including phenoxy) is 4. The second-order valence-electron chi connectivity index (χ2n) is 8.87. The number of imidazole rings is 1. The van der Waals surface area contributed by atoms with Crippen LogP contribution in [0.15, 0.2) is 60.7 Å². The lowest BCUT2D eigenvalue weighted by Gasteiger charge is -2.12. The summed E-state index contributed by atoms with van der Waals surface area (Å²) in [4.78, 5) is 31.6. The third-order valence-corrected chi connectivity index (χ3v) is 5.64. The Balaban J connectivity index is 1.27. The number of fused-ring (bicyclic) bond motifs is 1. The number of aromatic amines is 1. The molecule has 15 heteroatoms. The highest BCUT2D eigenvalue weighted by Gasteiger charge is 2.31. The Kier molecular flexibility index (Phi) is 10.5. The Morgan fingerprint density at radius 1 is 0.860 bits per heavy atom. The highest BCUT2D eigenvalue weighted by Crippen LogP contribution is 2.32. The molecule has 11 nitrogen and oxygen atoms in total. The minimum atomic E-state index is -4.69. The predicted octanol–water partition coefficient (Wildman–Crippen LogP) is 5.78. The van der Waals surface area contributed by atoms with Crippen LogP contribution in [-0.2, 0) is 25.2 Å². The fraction of sp³-hybridized carbons (Fsp3) is 0.250. The van der Waals surface area contributed by atoms with Gasteiger partial charge >= 0.3 is 12.2 Å². The van der Waals surface area contributed by atoms with E-state index in [-0.39, 0.29) is 24.8 Å². The average Bonchev–Trinajstić information content (AvgIpc) is 3.35. The lowest BCUT2D eigenvalue weighted by atomic mass is 10.2. The van der Waals surface area contributed by atoms with Crippen molar-refractivity contribution in [3.63, 3.8) is 0 Å². The van der Waals surface area contributed by atoms with Gasteiger partial charge in [-0.15, -0.1) is 0 Å². The van der Waals surface area contributed by atoms with Crippen molar-refractivity contribution >= 4 is 40.3 Å². The summed E-state index contributed by atoms with van der Waals surface area (Å²) < 4.78 is 73.8. The van der Waals surface area contributed by atoms with E-state index in [1.165, 1.54) is 12.1 Å². The number of aromatic nitrogens is 2. The summed E-state index contributed by atoms with van der Waals surface area (Å²) in [7, 11) is 1.57. The number of hydrogen-bond acceptors (Lipinski definition) is 7. The number of anilines is 3. The second-order valence-corrected chi connectivity index (χ2v) is 8.87. The number of amides is 3. The maximum Gasteiger partial charge on any atom is 0.416 e. The first kappa shape index (κ1) is 31.2. The molecule has 0 spiro atoms. The first-order valence-corrected chi connectivity index (χ1v) is 12.8. The Labute approximate surface area is 242 Å². The van der Waals surface area contributed by atoms with Gasteiger partial charge in [0.05, 0.1) is 48.7 Å². The quantitative estimate of drug-likeness (QED) is 0.112. The molecule has 4 aromatic rings. The molecule has 3 amide bonds. The topological polar surface area (TPSA) is 136 Å². The van der Waals surface area contributed by atoms with E-state index in [4.69, 9.17) is 18.9 Å². The summed E-state index contributed by atoms with van der Waals surface area (Å²) in [5, 5.41) is 7.10. The van der Waals surface area contributed by atoms with Crippen LogP contribution in [0.5, 0.6) is 11.5 Å². The maximum absolute atomic E-state index is 13.9. The Hall–Kier alpha value is -4.73. The molecule has 0 aliphatic rings. The molecular weight excluding hydrogens is 578 g/mol. The van der Waals surface area contributed by atoms with Crippen LogP contribution in [0.25, 0.3) is 11.0 Å². The summed E-state index contributed by atoms with van der Waals surface area (Å²) in [5.74, 6) is -0.319. The van der Waals surface area contributed by atoms with Crippen molar-refractivity contribution < 1.29 is 46.1 Å². The van der Waals surface area contributed by atoms with Crippen molar-refractivity contribution in [1.29, 1.82) is 0 Å². The first-order chi connectivity index (χ1) is 20.6. The number of hydrogen-bond donors (Lipinski definition) is 4. The van der Waals surface area contributed by atoms with Gasteiger partial charge < -0.3 is 34.6 Å². The van der Waals surface area contributed by atoms with E-state index >= 15 is 0 Å². The lowest BCUT2D eigenvalue weighted by Crippen LogP contribution is -2.20. The summed E-state index contributed by atoms with van der Waals surface area (Å²) in [5.41, 5.74) is -0.252. The number of methoxy groups -OCH3 is 1. The minimum absolute atomic E-state index is 0.173. The smallest absolute Gasteiger partial charge is 0.416 e. The first-order valence-electron chi connectivity index (χ1n) is 12.8. The summed E-state index contributed by atoms with van der Waals surface area (Å²) >= 11 is 0. The molecule has 228 valence electrons. The minimum Gasteiger partial charge on any atom is -0.457 e. The molecule has 0 bridgehead atoms. The number of halogens is 4. The fourth-order valence-electron chi connectivity index (χ4n) is 3.63. The van der Waals surface area contributed by atoms with Crippen molar-refractivity contribution in [2.75, 3.05) is 56.1 Å². The van der Waals surface area contributed by atoms with Gasteiger partial charge in [-0.05, 0) is 54.6 Å². The zero-order chi connectivity index (χ0) is 30.8. The molecule has 3 aromatic carbocycles. The Morgan fingerprint density at radius 3 is 2.33 bits per heavy atom. The van der Waals surface area contributed by atoms with E-state index in [9.17, 15) is 27.2 Å². The lowest BCUT2D eigenvalue weighted by molar-refractivity contribution is -0.137. The number of carbonyl (C=O) groups excluding carboxylic acids is 2. The van der Waals surface area contributed by atoms with Crippen LogP contribution in [0.1, 0.15) is 5.56 Å². The molecule has 0 aliphatic heterocycles. The van der Waals surface area contributed by atoms with E-state index in [2.05, 4.69) is 25.9 Å². The summed E-state index contributed by atoms with van der Waals surface area (Å²) in [6, 6.07) is 11.9. The monoisotopic (exact) mass is 605 g/mol. The summed E-state index contributed by atoms with van der Waals surface area (Å²) in [6.07, 6.45) is -4.69. The van der Waals surface area contributed by atoms with E-state index < -0.39 is 35.2 Å². The van der Waals surface area contributed by atoms with Crippen molar-refractivity contribution in [2.24, 2.45) is 0 Å². The molecule has 43 heavy (non-hydrogen) atoms. The third-order valence-electron chi connectivity index (χ3n) is 5.64. The molecule has 0 atom stereocenters. The van der Waals surface area contributed by atoms with E-state index in [1.54, 1.807) is 37.4 Å². The van der Waals surface area contributed by atoms with Crippen LogP contribution >= 0.6 is 0 Å². The predicted molar refractivity (Wildman–Crippen MR) is 149 cm³/mol. The van der Waals surface area contributed by atoms with Gasteiger partial charge in [-0.3, -0.25) is 10.1 Å². The highest BCUT2D eigenvalue weighted by atomic mass is 19.4. The van der Waals surface area contributed by atoms with Crippen molar-refractivity contribution in [3.8, 4) is 11.5 Å². The van der Waals surface area contributed by atoms with E-state index in [1.807, 2.05) is 0 Å². The molecule has 0 aliphatic carbocycles. The number of nitrogens with one attached hydrogen (secondary N) is 4.